The second-order valence-electron chi connectivity index (χ2n) is 5.81. The van der Waals surface area contributed by atoms with Crippen LogP contribution in [0, 0.1) is 6.92 Å². The van der Waals surface area contributed by atoms with Gasteiger partial charge < -0.3 is 24.1 Å². The molecule has 0 N–H and O–H groups in total. The van der Waals surface area contributed by atoms with E-state index in [0.717, 1.165) is 22.4 Å². The van der Waals surface area contributed by atoms with E-state index in [4.69, 9.17) is 14.2 Å². The molecule has 0 radical (unpaired) electrons. The zero-order valence-electron chi connectivity index (χ0n) is 16.4. The summed E-state index contributed by atoms with van der Waals surface area (Å²) < 4.78 is 20.4. The maximum Gasteiger partial charge on any atom is 1.00 e. The van der Waals surface area contributed by atoms with Crippen LogP contribution in [0.1, 0.15) is 15.9 Å². The Labute approximate surface area is 189 Å². The van der Waals surface area contributed by atoms with E-state index in [1.807, 2.05) is 24.4 Å². The number of aromatic nitrogens is 1. The third kappa shape index (κ3) is 4.17. The zero-order valence-corrected chi connectivity index (χ0v) is 19.2. The fourth-order valence-electron chi connectivity index (χ4n) is 2.98. The summed E-state index contributed by atoms with van der Waals surface area (Å²) in [7, 11) is 4.60. The number of rotatable bonds is 6. The van der Waals surface area contributed by atoms with Crippen molar-refractivity contribution in [2.45, 2.75) is 6.92 Å². The van der Waals surface area contributed by atoms with Gasteiger partial charge >= 0.3 is 29.6 Å². The van der Waals surface area contributed by atoms with Crippen LogP contribution in [0.15, 0.2) is 35.7 Å². The molecule has 0 aliphatic heterocycles. The molecule has 3 rings (SSSR count). The number of nitrogens with zero attached hydrogens (tertiary/aromatic N) is 1. The largest absolute Gasteiger partial charge is 1.00 e. The number of hydrogen-bond acceptors (Lipinski definition) is 7. The minimum absolute atomic E-state index is 0. The summed E-state index contributed by atoms with van der Waals surface area (Å²) in [6, 6.07) is 8.76. The Morgan fingerprint density at radius 3 is 2.32 bits per heavy atom. The molecule has 8 heteroatoms. The smallest absolute Gasteiger partial charge is 0.545 e. The number of ether oxygens (including phenoxy) is 3. The van der Waals surface area contributed by atoms with Gasteiger partial charge in [0, 0.05) is 22.1 Å². The number of aryl methyl sites for hydroxylation is 1. The number of carbonyl (C=O) groups is 1. The average molecular weight is 407 g/mol. The summed E-state index contributed by atoms with van der Waals surface area (Å²) in [6.07, 6.45) is 0. The third-order valence-corrected chi connectivity index (χ3v) is 4.87. The predicted molar refractivity (Wildman–Crippen MR) is 102 cm³/mol. The molecule has 1 heterocycles. The number of carboxylic acid groups (broad SMARTS) is 1. The van der Waals surface area contributed by atoms with Gasteiger partial charge in [0.15, 0.2) is 11.5 Å². The second kappa shape index (κ2) is 9.43. The molecule has 140 valence electrons. The van der Waals surface area contributed by atoms with Crippen molar-refractivity contribution < 1.29 is 53.7 Å². The molecular weight excluding hydrogens is 389 g/mol. The normalized spacial score (nSPS) is 10.1. The van der Waals surface area contributed by atoms with Crippen LogP contribution in [0.4, 0.5) is 0 Å². The first-order chi connectivity index (χ1) is 13.0. The average Bonchev–Trinajstić information content (AvgIpc) is 3.16. The summed E-state index contributed by atoms with van der Waals surface area (Å²) in [5.41, 5.74) is 4.03. The molecule has 3 aromatic rings. The Morgan fingerprint density at radius 1 is 1.00 bits per heavy atom. The van der Waals surface area contributed by atoms with Gasteiger partial charge in [0.1, 0.15) is 5.75 Å². The molecule has 28 heavy (non-hydrogen) atoms. The van der Waals surface area contributed by atoms with Gasteiger partial charge in [-0.05, 0) is 53.8 Å². The molecule has 0 bridgehead atoms. The van der Waals surface area contributed by atoms with Crippen LogP contribution in [0.5, 0.6) is 17.2 Å². The topological polar surface area (TPSA) is 80.7 Å². The van der Waals surface area contributed by atoms with Crippen LogP contribution < -0.4 is 48.9 Å². The molecule has 0 saturated heterocycles. The molecule has 0 aliphatic carbocycles. The van der Waals surface area contributed by atoms with Crippen LogP contribution in [0.3, 0.4) is 0 Å². The van der Waals surface area contributed by atoms with Crippen LogP contribution in [-0.2, 0) is 0 Å². The van der Waals surface area contributed by atoms with E-state index in [0.29, 0.717) is 17.1 Å². The first kappa shape index (κ1) is 22.2. The van der Waals surface area contributed by atoms with Crippen LogP contribution in [-0.4, -0.2) is 31.7 Å². The van der Waals surface area contributed by atoms with Crippen molar-refractivity contribution in [1.82, 2.24) is 4.37 Å². The van der Waals surface area contributed by atoms with E-state index < -0.39 is 5.97 Å². The number of carboxylic acids is 1. The predicted octanol–water partition coefficient (Wildman–Crippen LogP) is 0.179. The summed E-state index contributed by atoms with van der Waals surface area (Å²) in [6.45, 7) is 1.93. The SMILES string of the molecule is COc1ccc(-c2csnc2-c2cc(C)c(OC)c(OC)c2)cc1C(=O)[O-].[Na+]. The van der Waals surface area contributed by atoms with E-state index in [-0.39, 0.29) is 40.9 Å². The monoisotopic (exact) mass is 407 g/mol. The van der Waals surface area contributed by atoms with Gasteiger partial charge in [-0.15, -0.1) is 0 Å². The molecule has 1 aromatic heterocycles. The minimum atomic E-state index is -1.29. The number of aromatic carboxylic acids is 1. The molecule has 0 fully saturated rings. The molecule has 2 aromatic carbocycles. The van der Waals surface area contributed by atoms with Crippen molar-refractivity contribution in [2.24, 2.45) is 0 Å². The standard InChI is InChI=1S/C20H19NO5S.Na/c1-11-7-13(9-17(25-3)19(11)26-4)18-15(10-27-21-18)12-5-6-16(24-2)14(8-12)20(22)23;/h5-10H,1-4H3,(H,22,23);/q;+1/p-1. The quantitative estimate of drug-likeness (QED) is 0.543. The van der Waals surface area contributed by atoms with Crippen molar-refractivity contribution >= 4 is 17.5 Å². The number of benzene rings is 2. The first-order valence-corrected chi connectivity index (χ1v) is 8.91. The van der Waals surface area contributed by atoms with Crippen molar-refractivity contribution in [3.63, 3.8) is 0 Å². The van der Waals surface area contributed by atoms with Gasteiger partial charge in [-0.25, -0.2) is 0 Å². The van der Waals surface area contributed by atoms with E-state index in [2.05, 4.69) is 4.37 Å². The fourth-order valence-corrected chi connectivity index (χ4v) is 3.69. The van der Waals surface area contributed by atoms with Crippen LogP contribution >= 0.6 is 11.5 Å². The molecule has 0 aliphatic rings. The Bertz CT molecular complexity index is 1000. The summed E-state index contributed by atoms with van der Waals surface area (Å²) in [4.78, 5) is 11.4. The summed E-state index contributed by atoms with van der Waals surface area (Å²) >= 11 is 1.29. The van der Waals surface area contributed by atoms with Crippen molar-refractivity contribution in [3.8, 4) is 39.6 Å². The molecular formula is C20H18NNaO5S. The maximum atomic E-state index is 11.4. The Morgan fingerprint density at radius 2 is 1.71 bits per heavy atom. The second-order valence-corrected chi connectivity index (χ2v) is 6.44. The van der Waals surface area contributed by atoms with E-state index in [1.165, 1.54) is 24.7 Å². The summed E-state index contributed by atoms with van der Waals surface area (Å²) in [5, 5.41) is 13.3. The van der Waals surface area contributed by atoms with Crippen LogP contribution in [0.2, 0.25) is 0 Å². The number of methoxy groups -OCH3 is 3. The molecule has 0 amide bonds. The van der Waals surface area contributed by atoms with E-state index in [9.17, 15) is 9.90 Å². The zero-order chi connectivity index (χ0) is 19.6. The van der Waals surface area contributed by atoms with Crippen molar-refractivity contribution in [3.05, 3.63) is 46.8 Å². The molecule has 6 nitrogen and oxygen atoms in total. The van der Waals surface area contributed by atoms with Crippen LogP contribution in [0.25, 0.3) is 22.4 Å². The Hall–Kier alpha value is -2.06. The van der Waals surface area contributed by atoms with Gasteiger partial charge in [-0.3, -0.25) is 0 Å². The van der Waals surface area contributed by atoms with Gasteiger partial charge in [-0.1, -0.05) is 6.07 Å². The van der Waals surface area contributed by atoms with E-state index in [1.54, 1.807) is 26.4 Å². The summed E-state index contributed by atoms with van der Waals surface area (Å²) in [5.74, 6) is 0.240. The Kier molecular flexibility index (Phi) is 7.48. The molecule has 0 spiro atoms. The van der Waals surface area contributed by atoms with Gasteiger partial charge in [0.05, 0.1) is 33.0 Å². The maximum absolute atomic E-state index is 11.4. The van der Waals surface area contributed by atoms with Gasteiger partial charge in [0.2, 0.25) is 0 Å². The van der Waals surface area contributed by atoms with Crippen molar-refractivity contribution in [1.29, 1.82) is 0 Å². The number of hydrogen-bond donors (Lipinski definition) is 0. The van der Waals surface area contributed by atoms with Gasteiger partial charge in [0.25, 0.3) is 0 Å². The number of carbonyl (C=O) groups excluding carboxylic acids is 1. The molecule has 0 unspecified atom stereocenters. The third-order valence-electron chi connectivity index (χ3n) is 4.24. The van der Waals surface area contributed by atoms with E-state index >= 15 is 0 Å². The first-order valence-electron chi connectivity index (χ1n) is 8.07. The molecule has 0 saturated carbocycles. The minimum Gasteiger partial charge on any atom is -0.545 e. The van der Waals surface area contributed by atoms with Crippen molar-refractivity contribution in [2.75, 3.05) is 21.3 Å². The molecule has 0 atom stereocenters. The van der Waals surface area contributed by atoms with Gasteiger partial charge in [-0.2, -0.15) is 4.37 Å². The Balaban J connectivity index is 0.00000280. The fraction of sp³-hybridized carbons (Fsp3) is 0.200.